The van der Waals surface area contributed by atoms with Crippen LogP contribution in [0, 0.1) is 0 Å². The minimum absolute atomic E-state index is 0.0640. The third-order valence-corrected chi connectivity index (χ3v) is 7.74. The van der Waals surface area contributed by atoms with Gasteiger partial charge >= 0.3 is 12.2 Å². The highest BCUT2D eigenvalue weighted by Crippen LogP contribution is 2.34. The van der Waals surface area contributed by atoms with Crippen LogP contribution in [0.4, 0.5) is 9.59 Å². The molecule has 1 saturated heterocycles. The number of likely N-dealkylation sites (N-methyl/N-ethyl adjacent to an activating group) is 1. The number of rotatable bonds is 8. The van der Waals surface area contributed by atoms with Crippen LogP contribution in [0.5, 0.6) is 0 Å². The van der Waals surface area contributed by atoms with Gasteiger partial charge in [0.2, 0.25) is 6.29 Å². The summed E-state index contributed by atoms with van der Waals surface area (Å²) in [5.74, 6) is 0.433. The van der Waals surface area contributed by atoms with E-state index < -0.39 is 90.2 Å². The van der Waals surface area contributed by atoms with Crippen LogP contribution < -0.4 is 22.3 Å². The van der Waals surface area contributed by atoms with Crippen molar-refractivity contribution in [3.63, 3.8) is 0 Å². The molecule has 2 aliphatic heterocycles. The van der Waals surface area contributed by atoms with Crippen molar-refractivity contribution >= 4 is 12.2 Å². The molecule has 2 fully saturated rings. The minimum atomic E-state index is -1.72. The van der Waals surface area contributed by atoms with Crippen molar-refractivity contribution in [1.29, 1.82) is 0 Å². The number of ether oxygens (including phenoxy) is 6. The molecule has 266 valence electrons. The summed E-state index contributed by atoms with van der Waals surface area (Å²) >= 11 is 0. The maximum atomic E-state index is 12.9. The molecule has 17 nitrogen and oxygen atoms in total. The number of amides is 2. The van der Waals surface area contributed by atoms with Gasteiger partial charge in [-0.15, -0.1) is 0 Å². The fourth-order valence-corrected chi connectivity index (χ4v) is 5.68. The van der Waals surface area contributed by atoms with Gasteiger partial charge in [0, 0.05) is 7.05 Å². The zero-order chi connectivity index (χ0) is 34.8. The molecule has 2 heterocycles. The quantitative estimate of drug-likeness (QED) is 0.151. The SMILES string of the molecule is CN(C(=O)OC(C)(C)C)[C@@H]1[C@@H](O)[C@@H](O[C@H]2[C@H](NO)C[C@H](NC(=O)OC(C)(C)C)C(O[C@H]3OC(CN)=CC[C@H]3N)[C@@H]2O)OC[C@]1(C)O. The first-order valence-electron chi connectivity index (χ1n) is 15.3. The molecule has 0 spiro atoms. The zero-order valence-electron chi connectivity index (χ0n) is 27.8. The van der Waals surface area contributed by atoms with Gasteiger partial charge < -0.3 is 70.6 Å². The Labute approximate surface area is 269 Å². The van der Waals surface area contributed by atoms with Crippen molar-refractivity contribution < 1.29 is 58.5 Å². The molecule has 3 rings (SSSR count). The van der Waals surface area contributed by atoms with E-state index in [2.05, 4.69) is 10.8 Å². The Kier molecular flexibility index (Phi) is 12.3. The molecule has 0 aromatic heterocycles. The summed E-state index contributed by atoms with van der Waals surface area (Å²) in [5, 5.41) is 47.0. The molecule has 1 saturated carbocycles. The Morgan fingerprint density at radius 2 is 1.63 bits per heavy atom. The summed E-state index contributed by atoms with van der Waals surface area (Å²) in [6.07, 6.45) is -7.92. The second kappa shape index (κ2) is 14.8. The lowest BCUT2D eigenvalue weighted by atomic mass is 9.83. The zero-order valence-corrected chi connectivity index (χ0v) is 27.8. The number of nitrogens with zero attached hydrogens (tertiary/aromatic N) is 1. The van der Waals surface area contributed by atoms with Crippen LogP contribution in [-0.2, 0) is 28.4 Å². The molecule has 0 radical (unpaired) electrons. The number of carbonyl (C=O) groups is 2. The summed E-state index contributed by atoms with van der Waals surface area (Å²) in [6.45, 7) is 11.2. The largest absolute Gasteiger partial charge is 0.467 e. The number of carbonyl (C=O) groups excluding carboxylic acids is 2. The number of nitrogens with one attached hydrogen (secondary N) is 2. The lowest BCUT2D eigenvalue weighted by Crippen LogP contribution is -2.70. The summed E-state index contributed by atoms with van der Waals surface area (Å²) in [4.78, 5) is 26.7. The first-order valence-corrected chi connectivity index (χ1v) is 15.3. The minimum Gasteiger partial charge on any atom is -0.467 e. The van der Waals surface area contributed by atoms with Gasteiger partial charge in [0.1, 0.15) is 47.0 Å². The standard InChI is InChI=1S/C29H53N5O12/c1-27(2,3)45-25(37)32-16-11-17(33-40)21(18(35)20(16)43-23-15(31)10-9-14(12-30)42-23)44-24-19(36)22(29(7,39)13-41-24)34(8)26(38)46-28(4,5)6/h9,15-24,33,35-36,39-40H,10-13,30-31H2,1-8H3,(H,32,37)/t15-,16+,17-,18+,19-,20?,21+,22-,23-,24-,29+/m1/s1. The molecule has 46 heavy (non-hydrogen) atoms. The molecule has 0 bridgehead atoms. The normalized spacial score (nSPS) is 37.0. The molecule has 1 unspecified atom stereocenters. The number of hydrogen-bond donors (Lipinski definition) is 8. The Balaban J connectivity index is 1.88. The van der Waals surface area contributed by atoms with Gasteiger partial charge in [-0.2, -0.15) is 5.48 Å². The second-order valence-corrected chi connectivity index (χ2v) is 14.2. The van der Waals surface area contributed by atoms with Gasteiger partial charge in [0.05, 0.1) is 37.3 Å². The van der Waals surface area contributed by atoms with Gasteiger partial charge in [-0.05, 0) is 67.4 Å². The van der Waals surface area contributed by atoms with E-state index >= 15 is 0 Å². The third kappa shape index (κ3) is 9.62. The Morgan fingerprint density at radius 1 is 1.04 bits per heavy atom. The van der Waals surface area contributed by atoms with Crippen molar-refractivity contribution in [2.24, 2.45) is 11.5 Å². The van der Waals surface area contributed by atoms with E-state index in [0.717, 1.165) is 4.90 Å². The molecule has 1 aliphatic carbocycles. The monoisotopic (exact) mass is 663 g/mol. The number of aliphatic hydroxyl groups is 3. The fraction of sp³-hybridized carbons (Fsp3) is 0.862. The number of nitrogens with two attached hydrogens (primary N) is 2. The van der Waals surface area contributed by atoms with E-state index in [0.29, 0.717) is 12.2 Å². The molecule has 0 aromatic carbocycles. The number of alkyl carbamates (subject to hydrolysis) is 1. The number of hydroxylamine groups is 1. The average Bonchev–Trinajstić information content (AvgIpc) is 2.92. The molecule has 3 aliphatic rings. The van der Waals surface area contributed by atoms with E-state index in [1.54, 1.807) is 47.6 Å². The van der Waals surface area contributed by atoms with Gasteiger partial charge in [-0.25, -0.2) is 9.59 Å². The lowest BCUT2D eigenvalue weighted by Gasteiger charge is -2.50. The Hall–Kier alpha value is -2.32. The first kappa shape index (κ1) is 38.1. The average molecular weight is 664 g/mol. The second-order valence-electron chi connectivity index (χ2n) is 14.2. The van der Waals surface area contributed by atoms with Crippen LogP contribution >= 0.6 is 0 Å². The number of aliphatic hydroxyl groups excluding tert-OH is 2. The predicted octanol–water partition coefficient (Wildman–Crippen LogP) is -0.618. The van der Waals surface area contributed by atoms with E-state index in [1.807, 2.05) is 0 Å². The molecular weight excluding hydrogens is 610 g/mol. The summed E-state index contributed by atoms with van der Waals surface area (Å²) in [7, 11) is 1.36. The van der Waals surface area contributed by atoms with E-state index in [4.69, 9.17) is 39.9 Å². The van der Waals surface area contributed by atoms with E-state index in [9.17, 15) is 30.1 Å². The van der Waals surface area contributed by atoms with Crippen molar-refractivity contribution in [1.82, 2.24) is 15.7 Å². The molecule has 11 atom stereocenters. The number of hydrogen-bond acceptors (Lipinski definition) is 15. The summed E-state index contributed by atoms with van der Waals surface area (Å²) in [6, 6.07) is -3.91. The molecule has 2 amide bonds. The molecule has 10 N–H and O–H groups in total. The van der Waals surface area contributed by atoms with Crippen LogP contribution in [0.2, 0.25) is 0 Å². The molecule has 17 heteroatoms. The Morgan fingerprint density at radius 3 is 2.20 bits per heavy atom. The van der Waals surface area contributed by atoms with Gasteiger partial charge in [-0.3, -0.25) is 0 Å². The first-order chi connectivity index (χ1) is 21.2. The topological polar surface area (TPSA) is 250 Å². The maximum Gasteiger partial charge on any atom is 0.410 e. The Bertz CT molecular complexity index is 1080. The highest BCUT2D eigenvalue weighted by atomic mass is 16.7. The molecule has 0 aromatic rings. The van der Waals surface area contributed by atoms with Crippen molar-refractivity contribution in [2.45, 2.75) is 139 Å². The van der Waals surface area contributed by atoms with Gasteiger partial charge in [0.15, 0.2) is 6.29 Å². The van der Waals surface area contributed by atoms with E-state index in [1.165, 1.54) is 14.0 Å². The van der Waals surface area contributed by atoms with Crippen molar-refractivity contribution in [3.8, 4) is 0 Å². The van der Waals surface area contributed by atoms with Gasteiger partial charge in [-0.1, -0.05) is 0 Å². The molecular formula is C29H53N5O12. The van der Waals surface area contributed by atoms with Crippen LogP contribution in [-0.4, -0.2) is 136 Å². The predicted molar refractivity (Wildman–Crippen MR) is 161 cm³/mol. The smallest absolute Gasteiger partial charge is 0.410 e. The van der Waals surface area contributed by atoms with Crippen molar-refractivity contribution in [2.75, 3.05) is 20.2 Å². The third-order valence-electron chi connectivity index (χ3n) is 7.74. The lowest BCUT2D eigenvalue weighted by molar-refractivity contribution is -0.313. The highest BCUT2D eigenvalue weighted by molar-refractivity contribution is 5.69. The van der Waals surface area contributed by atoms with Crippen LogP contribution in [0.15, 0.2) is 11.8 Å². The van der Waals surface area contributed by atoms with Crippen LogP contribution in [0.1, 0.15) is 61.3 Å². The maximum absolute atomic E-state index is 12.9. The summed E-state index contributed by atoms with van der Waals surface area (Å²) < 4.78 is 34.5. The highest BCUT2D eigenvalue weighted by Gasteiger charge is 2.54. The fourth-order valence-electron chi connectivity index (χ4n) is 5.68. The van der Waals surface area contributed by atoms with Gasteiger partial charge in [0.25, 0.3) is 0 Å². The van der Waals surface area contributed by atoms with Crippen LogP contribution in [0.25, 0.3) is 0 Å². The van der Waals surface area contributed by atoms with Crippen molar-refractivity contribution in [3.05, 3.63) is 11.8 Å². The van der Waals surface area contributed by atoms with E-state index in [-0.39, 0.29) is 19.6 Å². The summed E-state index contributed by atoms with van der Waals surface area (Å²) in [5.41, 5.74) is 10.7. The van der Waals surface area contributed by atoms with Crippen LogP contribution in [0.3, 0.4) is 0 Å².